The van der Waals surface area contributed by atoms with Gasteiger partial charge in [0, 0.05) is 18.5 Å². The SMILES string of the molecule is CCc1ccc(C(=O)NCCCC[C@H](NC(=O)CNC(=O)C(Cc2ccccc2)NC(=O)COC2CCCC(C)C2)C(=O)OCc2ccccc2)cc1. The summed E-state index contributed by atoms with van der Waals surface area (Å²) in [5, 5.41) is 11.0. The second-order valence-corrected chi connectivity index (χ2v) is 13.7. The Morgan fingerprint density at radius 2 is 1.43 bits per heavy atom. The number of benzene rings is 3. The second kappa shape index (κ2) is 22.1. The van der Waals surface area contributed by atoms with Crippen molar-refractivity contribution in [2.45, 2.75) is 96.4 Å². The molecule has 1 aliphatic carbocycles. The van der Waals surface area contributed by atoms with Crippen molar-refractivity contribution in [3.63, 3.8) is 0 Å². The van der Waals surface area contributed by atoms with E-state index in [0.29, 0.717) is 30.9 Å². The quantitative estimate of drug-likeness (QED) is 0.0964. The molecular formula is C42H54N4O7. The van der Waals surface area contributed by atoms with Crippen molar-refractivity contribution >= 4 is 29.6 Å². The lowest BCUT2D eigenvalue weighted by Crippen LogP contribution is -2.52. The van der Waals surface area contributed by atoms with E-state index in [9.17, 15) is 24.0 Å². The summed E-state index contributed by atoms with van der Waals surface area (Å²) in [5.74, 6) is -1.75. The fourth-order valence-electron chi connectivity index (χ4n) is 6.30. The molecule has 0 radical (unpaired) electrons. The normalized spacial score (nSPS) is 16.4. The number of rotatable bonds is 20. The highest BCUT2D eigenvalue weighted by Crippen LogP contribution is 2.25. The van der Waals surface area contributed by atoms with E-state index in [0.717, 1.165) is 48.8 Å². The van der Waals surface area contributed by atoms with E-state index in [4.69, 9.17) is 9.47 Å². The number of hydrogen-bond donors (Lipinski definition) is 4. The number of amides is 4. The molecule has 11 nitrogen and oxygen atoms in total. The van der Waals surface area contributed by atoms with Gasteiger partial charge >= 0.3 is 5.97 Å². The molecule has 0 saturated heterocycles. The first-order valence-electron chi connectivity index (χ1n) is 18.8. The highest BCUT2D eigenvalue weighted by molar-refractivity contribution is 5.94. The Morgan fingerprint density at radius 1 is 0.755 bits per heavy atom. The lowest BCUT2D eigenvalue weighted by Gasteiger charge is -2.27. The summed E-state index contributed by atoms with van der Waals surface area (Å²) in [6.45, 7) is 4.10. The van der Waals surface area contributed by atoms with Gasteiger partial charge in [-0.3, -0.25) is 19.2 Å². The van der Waals surface area contributed by atoms with Crippen LogP contribution in [0.5, 0.6) is 0 Å². The van der Waals surface area contributed by atoms with Gasteiger partial charge in [-0.15, -0.1) is 0 Å². The van der Waals surface area contributed by atoms with Crippen LogP contribution in [0.4, 0.5) is 0 Å². The molecular weight excluding hydrogens is 672 g/mol. The summed E-state index contributed by atoms with van der Waals surface area (Å²) < 4.78 is 11.4. The fourth-order valence-corrected chi connectivity index (χ4v) is 6.30. The van der Waals surface area contributed by atoms with E-state index >= 15 is 0 Å². The zero-order valence-electron chi connectivity index (χ0n) is 30.9. The third-order valence-corrected chi connectivity index (χ3v) is 9.37. The zero-order chi connectivity index (χ0) is 37.8. The van der Waals surface area contributed by atoms with Gasteiger partial charge in [-0.05, 0) is 73.3 Å². The predicted octanol–water partition coefficient (Wildman–Crippen LogP) is 4.82. The van der Waals surface area contributed by atoms with Crippen LogP contribution in [0.2, 0.25) is 0 Å². The van der Waals surface area contributed by atoms with Gasteiger partial charge in [-0.2, -0.15) is 0 Å². The molecule has 1 saturated carbocycles. The van der Waals surface area contributed by atoms with Crippen LogP contribution in [0.3, 0.4) is 0 Å². The molecule has 1 aliphatic rings. The van der Waals surface area contributed by atoms with Crippen LogP contribution in [0.1, 0.15) is 85.8 Å². The monoisotopic (exact) mass is 726 g/mol. The molecule has 0 aliphatic heterocycles. The molecule has 0 bridgehead atoms. The van der Waals surface area contributed by atoms with E-state index in [-0.39, 0.29) is 38.1 Å². The average molecular weight is 727 g/mol. The molecule has 0 spiro atoms. The van der Waals surface area contributed by atoms with Crippen LogP contribution in [-0.4, -0.2) is 67.5 Å². The van der Waals surface area contributed by atoms with Gasteiger partial charge in [0.05, 0.1) is 12.6 Å². The molecule has 3 aromatic rings. The third-order valence-electron chi connectivity index (χ3n) is 9.37. The summed E-state index contributed by atoms with van der Waals surface area (Å²) >= 11 is 0. The van der Waals surface area contributed by atoms with Crippen molar-refractivity contribution in [2.75, 3.05) is 19.7 Å². The maximum Gasteiger partial charge on any atom is 0.328 e. The Morgan fingerprint density at radius 3 is 2.11 bits per heavy atom. The van der Waals surface area contributed by atoms with Crippen LogP contribution in [0.25, 0.3) is 0 Å². The van der Waals surface area contributed by atoms with Crippen molar-refractivity contribution in [3.8, 4) is 0 Å². The molecule has 3 unspecified atom stereocenters. The first-order valence-corrected chi connectivity index (χ1v) is 18.8. The van der Waals surface area contributed by atoms with Crippen molar-refractivity contribution in [1.29, 1.82) is 0 Å². The number of nitrogens with one attached hydrogen (secondary N) is 4. The van der Waals surface area contributed by atoms with Crippen molar-refractivity contribution < 1.29 is 33.4 Å². The first kappa shape index (κ1) is 40.7. The summed E-state index contributed by atoms with van der Waals surface area (Å²) in [4.78, 5) is 65.1. The molecule has 0 aromatic heterocycles. The smallest absolute Gasteiger partial charge is 0.328 e. The number of unbranched alkanes of at least 4 members (excludes halogenated alkanes) is 1. The Kier molecular flexibility index (Phi) is 17.0. The summed E-state index contributed by atoms with van der Waals surface area (Å²) in [6, 6.07) is 24.0. The van der Waals surface area contributed by atoms with Crippen LogP contribution in [0, 0.1) is 5.92 Å². The van der Waals surface area contributed by atoms with E-state index < -0.39 is 42.3 Å². The number of carbonyl (C=O) groups is 5. The van der Waals surface area contributed by atoms with E-state index in [2.05, 4.69) is 35.1 Å². The van der Waals surface area contributed by atoms with Gasteiger partial charge in [0.2, 0.25) is 17.7 Å². The topological polar surface area (TPSA) is 152 Å². The highest BCUT2D eigenvalue weighted by Gasteiger charge is 2.26. The predicted molar refractivity (Wildman–Crippen MR) is 203 cm³/mol. The van der Waals surface area contributed by atoms with E-state index in [1.807, 2.05) is 72.8 Å². The molecule has 53 heavy (non-hydrogen) atoms. The Balaban J connectivity index is 1.29. The number of aryl methyl sites for hydroxylation is 1. The highest BCUT2D eigenvalue weighted by atomic mass is 16.5. The fraction of sp³-hybridized carbons (Fsp3) is 0.452. The number of esters is 1. The van der Waals surface area contributed by atoms with Gasteiger partial charge in [-0.1, -0.05) is 99.5 Å². The maximum atomic E-state index is 13.4. The third kappa shape index (κ3) is 14.9. The van der Waals surface area contributed by atoms with Crippen molar-refractivity contribution in [3.05, 3.63) is 107 Å². The van der Waals surface area contributed by atoms with Gasteiger partial charge in [0.1, 0.15) is 25.3 Å². The zero-order valence-corrected chi connectivity index (χ0v) is 30.9. The van der Waals surface area contributed by atoms with E-state index in [1.165, 1.54) is 0 Å². The minimum atomic E-state index is -0.972. The standard InChI is InChI=1S/C42H54N4O7/c1-3-31-20-22-34(23-21-31)40(49)43-24-11-10-19-36(42(51)53-28-33-16-8-5-9-17-33)45-38(47)27-44-41(50)37(26-32-14-6-4-7-15-32)46-39(48)29-52-35-18-12-13-30(2)25-35/h4-9,14-17,20-23,30,35-37H,3,10-13,18-19,24-29H2,1-2H3,(H,43,49)(H,44,50)(H,45,47)(H,46,48)/t30?,35?,36-,37?/m0/s1. The summed E-state index contributed by atoms with van der Waals surface area (Å²) in [6.07, 6.45) is 6.50. The Hall–Kier alpha value is -5.03. The molecule has 284 valence electrons. The molecule has 4 N–H and O–H groups in total. The van der Waals surface area contributed by atoms with Crippen LogP contribution in [0.15, 0.2) is 84.9 Å². The van der Waals surface area contributed by atoms with Gasteiger partial charge in [0.25, 0.3) is 5.91 Å². The van der Waals surface area contributed by atoms with Gasteiger partial charge in [-0.25, -0.2) is 4.79 Å². The van der Waals surface area contributed by atoms with E-state index in [1.54, 1.807) is 12.1 Å². The molecule has 1 fully saturated rings. The van der Waals surface area contributed by atoms with Crippen LogP contribution in [-0.2, 0) is 48.1 Å². The Bertz CT molecular complexity index is 1600. The van der Waals surface area contributed by atoms with Crippen molar-refractivity contribution in [2.24, 2.45) is 5.92 Å². The number of carbonyl (C=O) groups excluding carboxylic acids is 5. The average Bonchev–Trinajstić information content (AvgIpc) is 3.18. The molecule has 0 heterocycles. The van der Waals surface area contributed by atoms with Crippen LogP contribution >= 0.6 is 0 Å². The number of ether oxygens (including phenoxy) is 2. The Labute approximate surface area is 313 Å². The largest absolute Gasteiger partial charge is 0.459 e. The lowest BCUT2D eigenvalue weighted by molar-refractivity contribution is -0.149. The molecule has 11 heteroatoms. The first-order chi connectivity index (χ1) is 25.7. The van der Waals surface area contributed by atoms with Crippen LogP contribution < -0.4 is 21.3 Å². The number of hydrogen-bond acceptors (Lipinski definition) is 7. The maximum absolute atomic E-state index is 13.4. The summed E-state index contributed by atoms with van der Waals surface area (Å²) in [7, 11) is 0. The molecule has 4 atom stereocenters. The summed E-state index contributed by atoms with van der Waals surface area (Å²) in [5.41, 5.74) is 3.37. The van der Waals surface area contributed by atoms with Gasteiger partial charge < -0.3 is 30.7 Å². The molecule has 4 rings (SSSR count). The molecule has 3 aromatic carbocycles. The second-order valence-electron chi connectivity index (χ2n) is 13.7. The lowest BCUT2D eigenvalue weighted by atomic mass is 9.89. The molecule has 4 amide bonds. The van der Waals surface area contributed by atoms with Gasteiger partial charge in [0.15, 0.2) is 0 Å². The minimum Gasteiger partial charge on any atom is -0.459 e. The minimum absolute atomic E-state index is 0.0177. The van der Waals surface area contributed by atoms with Crippen molar-refractivity contribution in [1.82, 2.24) is 21.3 Å².